The van der Waals surface area contributed by atoms with Crippen molar-refractivity contribution in [2.75, 3.05) is 13.1 Å². The van der Waals surface area contributed by atoms with E-state index in [0.717, 1.165) is 24.0 Å². The van der Waals surface area contributed by atoms with Crippen LogP contribution in [0.5, 0.6) is 0 Å². The number of carboxylic acids is 1. The summed E-state index contributed by atoms with van der Waals surface area (Å²) < 4.78 is 27.0. The van der Waals surface area contributed by atoms with Gasteiger partial charge < -0.3 is 10.4 Å². The van der Waals surface area contributed by atoms with Gasteiger partial charge in [-0.3, -0.25) is 0 Å². The maximum atomic E-state index is 12.7. The normalized spacial score (nSPS) is 16.3. The number of benzene rings is 2. The van der Waals surface area contributed by atoms with Gasteiger partial charge in [0.15, 0.2) is 0 Å². The molecular formula is C20H24N2O4S. The number of hydrogen-bond acceptors (Lipinski definition) is 4. The molecule has 1 aliphatic heterocycles. The van der Waals surface area contributed by atoms with Crippen LogP contribution in [0.15, 0.2) is 53.4 Å². The number of piperidine rings is 1. The van der Waals surface area contributed by atoms with Gasteiger partial charge in [0.1, 0.15) is 0 Å². The molecule has 1 heterocycles. The minimum Gasteiger partial charge on any atom is -0.478 e. The summed E-state index contributed by atoms with van der Waals surface area (Å²) in [6.45, 7) is 3.45. The molecule has 0 atom stereocenters. The molecule has 0 aromatic heterocycles. The highest BCUT2D eigenvalue weighted by Crippen LogP contribution is 2.21. The minimum atomic E-state index is -3.44. The molecule has 0 aliphatic carbocycles. The van der Waals surface area contributed by atoms with Gasteiger partial charge in [0.05, 0.1) is 10.5 Å². The number of carboxylic acid groups (broad SMARTS) is 1. The Morgan fingerprint density at radius 2 is 1.81 bits per heavy atom. The fourth-order valence-electron chi connectivity index (χ4n) is 3.24. The summed E-state index contributed by atoms with van der Waals surface area (Å²) in [5, 5.41) is 12.5. The first-order valence-corrected chi connectivity index (χ1v) is 10.4. The molecule has 2 N–H and O–H groups in total. The summed E-state index contributed by atoms with van der Waals surface area (Å²) in [4.78, 5) is 11.4. The Bertz CT molecular complexity index is 902. The number of nitrogens with zero attached hydrogens (tertiary/aromatic N) is 1. The first kappa shape index (κ1) is 19.5. The maximum Gasteiger partial charge on any atom is 0.335 e. The predicted octanol–water partition coefficient (Wildman–Crippen LogP) is 2.64. The number of sulfonamides is 1. The lowest BCUT2D eigenvalue weighted by Gasteiger charge is -2.31. The fourth-order valence-corrected chi connectivity index (χ4v) is 4.71. The molecule has 0 amide bonds. The van der Waals surface area contributed by atoms with Crippen LogP contribution in [0, 0.1) is 6.92 Å². The van der Waals surface area contributed by atoms with Crippen molar-refractivity contribution in [1.82, 2.24) is 9.62 Å². The van der Waals surface area contributed by atoms with Crippen LogP contribution in [0.3, 0.4) is 0 Å². The number of rotatable bonds is 6. The highest BCUT2D eigenvalue weighted by molar-refractivity contribution is 7.89. The Morgan fingerprint density at radius 1 is 1.15 bits per heavy atom. The van der Waals surface area contributed by atoms with Crippen LogP contribution in [-0.2, 0) is 16.6 Å². The summed E-state index contributed by atoms with van der Waals surface area (Å²) in [6.07, 6.45) is 1.45. The topological polar surface area (TPSA) is 86.7 Å². The second-order valence-electron chi connectivity index (χ2n) is 6.88. The molecule has 1 saturated heterocycles. The van der Waals surface area contributed by atoms with Crippen molar-refractivity contribution < 1.29 is 18.3 Å². The molecule has 0 saturated carbocycles. The van der Waals surface area contributed by atoms with Gasteiger partial charge >= 0.3 is 5.97 Å². The number of carbonyl (C=O) groups is 1. The van der Waals surface area contributed by atoms with Crippen LogP contribution >= 0.6 is 0 Å². The van der Waals surface area contributed by atoms with Crippen LogP contribution in [-0.4, -0.2) is 42.9 Å². The standard InChI is InChI=1S/C20H24N2O4S/c1-15-5-7-19(8-6-15)27(25,26)22-11-9-18(10-12-22)21-14-16-3-2-4-17(13-16)20(23)24/h2-8,13,18,21H,9-12,14H2,1H3,(H,23,24). The fraction of sp³-hybridized carbons (Fsp3) is 0.350. The lowest BCUT2D eigenvalue weighted by molar-refractivity contribution is 0.0696. The lowest BCUT2D eigenvalue weighted by Crippen LogP contribution is -2.44. The van der Waals surface area contributed by atoms with E-state index in [1.54, 1.807) is 34.6 Å². The SMILES string of the molecule is Cc1ccc(S(=O)(=O)N2CCC(NCc3cccc(C(=O)O)c3)CC2)cc1. The van der Waals surface area contributed by atoms with Gasteiger partial charge in [-0.2, -0.15) is 4.31 Å². The Hall–Kier alpha value is -2.22. The zero-order valence-electron chi connectivity index (χ0n) is 15.3. The lowest BCUT2D eigenvalue weighted by atomic mass is 10.1. The number of aryl methyl sites for hydroxylation is 1. The summed E-state index contributed by atoms with van der Waals surface area (Å²) in [7, 11) is -3.44. The van der Waals surface area contributed by atoms with E-state index in [2.05, 4.69) is 5.32 Å². The molecule has 3 rings (SSSR count). The van der Waals surface area contributed by atoms with Crippen LogP contribution < -0.4 is 5.32 Å². The molecule has 144 valence electrons. The molecule has 2 aromatic rings. The highest BCUT2D eigenvalue weighted by Gasteiger charge is 2.29. The molecule has 2 aromatic carbocycles. The molecule has 0 bridgehead atoms. The average Bonchev–Trinajstić information content (AvgIpc) is 2.67. The van der Waals surface area contributed by atoms with E-state index in [0.29, 0.717) is 24.5 Å². The largest absolute Gasteiger partial charge is 0.478 e. The first-order valence-electron chi connectivity index (χ1n) is 8.99. The van der Waals surface area contributed by atoms with Crippen molar-refractivity contribution in [1.29, 1.82) is 0 Å². The second kappa shape index (κ2) is 8.21. The molecule has 6 nitrogen and oxygen atoms in total. The smallest absolute Gasteiger partial charge is 0.335 e. The van der Waals surface area contributed by atoms with Gasteiger partial charge in [-0.05, 0) is 49.6 Å². The van der Waals surface area contributed by atoms with E-state index in [1.807, 2.05) is 25.1 Å². The van der Waals surface area contributed by atoms with Crippen molar-refractivity contribution in [3.8, 4) is 0 Å². The summed E-state index contributed by atoms with van der Waals surface area (Å²) >= 11 is 0. The zero-order valence-corrected chi connectivity index (χ0v) is 16.1. The molecule has 0 unspecified atom stereocenters. The monoisotopic (exact) mass is 388 g/mol. The van der Waals surface area contributed by atoms with E-state index in [9.17, 15) is 13.2 Å². The number of aromatic carboxylic acids is 1. The van der Waals surface area contributed by atoms with Crippen molar-refractivity contribution in [2.45, 2.75) is 37.2 Å². The third-order valence-electron chi connectivity index (χ3n) is 4.88. The molecule has 7 heteroatoms. The van der Waals surface area contributed by atoms with Crippen LogP contribution in [0.1, 0.15) is 34.3 Å². The van der Waals surface area contributed by atoms with Gasteiger partial charge in [-0.15, -0.1) is 0 Å². The van der Waals surface area contributed by atoms with Gasteiger partial charge in [-0.1, -0.05) is 29.8 Å². The minimum absolute atomic E-state index is 0.211. The molecule has 0 radical (unpaired) electrons. The molecule has 1 aliphatic rings. The number of nitrogens with one attached hydrogen (secondary N) is 1. The third-order valence-corrected chi connectivity index (χ3v) is 6.79. The Balaban J connectivity index is 1.55. The molecule has 0 spiro atoms. The second-order valence-corrected chi connectivity index (χ2v) is 8.82. The highest BCUT2D eigenvalue weighted by atomic mass is 32.2. The van der Waals surface area contributed by atoms with Gasteiger partial charge in [0.2, 0.25) is 10.0 Å². The van der Waals surface area contributed by atoms with Crippen molar-refractivity contribution >= 4 is 16.0 Å². The van der Waals surface area contributed by atoms with Crippen LogP contribution in [0.4, 0.5) is 0 Å². The van der Waals surface area contributed by atoms with Gasteiger partial charge in [0, 0.05) is 25.7 Å². The molecular weight excluding hydrogens is 364 g/mol. The average molecular weight is 388 g/mol. The number of hydrogen-bond donors (Lipinski definition) is 2. The predicted molar refractivity (Wildman–Crippen MR) is 103 cm³/mol. The van der Waals surface area contributed by atoms with Crippen LogP contribution in [0.2, 0.25) is 0 Å². The van der Waals surface area contributed by atoms with E-state index in [1.165, 1.54) is 0 Å². The van der Waals surface area contributed by atoms with Gasteiger partial charge in [0.25, 0.3) is 0 Å². The van der Waals surface area contributed by atoms with Crippen molar-refractivity contribution in [2.24, 2.45) is 0 Å². The van der Waals surface area contributed by atoms with Gasteiger partial charge in [-0.25, -0.2) is 13.2 Å². The molecule has 27 heavy (non-hydrogen) atoms. The van der Waals surface area contributed by atoms with E-state index < -0.39 is 16.0 Å². The summed E-state index contributed by atoms with van der Waals surface area (Å²) in [5.74, 6) is -0.938. The maximum absolute atomic E-state index is 12.7. The summed E-state index contributed by atoms with van der Waals surface area (Å²) in [6, 6.07) is 14.0. The first-order chi connectivity index (χ1) is 12.9. The van der Waals surface area contributed by atoms with Crippen LogP contribution in [0.25, 0.3) is 0 Å². The molecule has 1 fully saturated rings. The van der Waals surface area contributed by atoms with E-state index >= 15 is 0 Å². The third kappa shape index (κ3) is 4.74. The Kier molecular flexibility index (Phi) is 5.94. The zero-order chi connectivity index (χ0) is 19.4. The van der Waals surface area contributed by atoms with Crippen molar-refractivity contribution in [3.63, 3.8) is 0 Å². The van der Waals surface area contributed by atoms with E-state index in [4.69, 9.17) is 5.11 Å². The Morgan fingerprint density at radius 3 is 2.44 bits per heavy atom. The summed E-state index contributed by atoms with van der Waals surface area (Å²) in [5.41, 5.74) is 2.21. The van der Waals surface area contributed by atoms with Crippen molar-refractivity contribution in [3.05, 3.63) is 65.2 Å². The van der Waals surface area contributed by atoms with E-state index in [-0.39, 0.29) is 11.6 Å². The quantitative estimate of drug-likeness (QED) is 0.794. The Labute approximate surface area is 159 Å².